The Hall–Kier alpha value is -2.58. The number of carbonyl (C=O) groups is 1. The Morgan fingerprint density at radius 1 is 0.971 bits per heavy atom. The number of amides is 1. The van der Waals surface area contributed by atoms with Crippen LogP contribution in [0, 0.1) is 12.8 Å². The number of carbonyl (C=O) groups excluding carboxylic acids is 1. The van der Waals surface area contributed by atoms with E-state index in [-0.39, 0.29) is 16.7 Å². The summed E-state index contributed by atoms with van der Waals surface area (Å²) in [5.74, 6) is -0.119. The van der Waals surface area contributed by atoms with Gasteiger partial charge in [0, 0.05) is 28.2 Å². The molecule has 1 heterocycles. The van der Waals surface area contributed by atoms with E-state index in [1.807, 2.05) is 24.3 Å². The number of anilines is 2. The lowest BCUT2D eigenvalue weighted by atomic mass is 9.95. The van der Waals surface area contributed by atoms with Crippen molar-refractivity contribution in [1.29, 1.82) is 0 Å². The first kappa shape index (κ1) is 25.5. The van der Waals surface area contributed by atoms with Crippen molar-refractivity contribution in [3.05, 3.63) is 87.9 Å². The molecular formula is C26H27Cl2N3O3S. The standard InChI is InChI=1S/C26H27Cl2N3O3S/c1-18-24(28)3-2-4-25(18)30-35(33,34)23-11-9-22(10-12-23)29-26(32)20-13-15-31(16-14-20)17-19-5-7-21(27)8-6-19/h2-12,20,30H,13-17H2,1H3,(H,29,32). The van der Waals surface area contributed by atoms with Crippen molar-refractivity contribution >= 4 is 50.5 Å². The van der Waals surface area contributed by atoms with Gasteiger partial charge in [-0.25, -0.2) is 8.42 Å². The van der Waals surface area contributed by atoms with Gasteiger partial charge in [0.15, 0.2) is 0 Å². The van der Waals surface area contributed by atoms with Crippen LogP contribution in [0.15, 0.2) is 71.6 Å². The van der Waals surface area contributed by atoms with Crippen LogP contribution >= 0.6 is 23.2 Å². The van der Waals surface area contributed by atoms with Gasteiger partial charge in [-0.2, -0.15) is 0 Å². The zero-order chi connectivity index (χ0) is 25.0. The zero-order valence-corrected chi connectivity index (χ0v) is 21.6. The molecule has 2 N–H and O–H groups in total. The van der Waals surface area contributed by atoms with Gasteiger partial charge < -0.3 is 5.32 Å². The largest absolute Gasteiger partial charge is 0.326 e. The Morgan fingerprint density at radius 2 is 1.63 bits per heavy atom. The highest BCUT2D eigenvalue weighted by molar-refractivity contribution is 7.92. The maximum atomic E-state index is 12.8. The first-order valence-electron chi connectivity index (χ1n) is 11.4. The molecule has 6 nitrogen and oxygen atoms in total. The van der Waals surface area contributed by atoms with Crippen LogP contribution in [-0.2, 0) is 21.4 Å². The summed E-state index contributed by atoms with van der Waals surface area (Å²) in [4.78, 5) is 15.2. The van der Waals surface area contributed by atoms with Gasteiger partial charge in [0.05, 0.1) is 10.6 Å². The number of hydrogen-bond donors (Lipinski definition) is 2. The van der Waals surface area contributed by atoms with Crippen LogP contribution in [0.1, 0.15) is 24.0 Å². The molecule has 0 bridgehead atoms. The molecule has 1 fully saturated rings. The number of hydrogen-bond acceptors (Lipinski definition) is 4. The Balaban J connectivity index is 1.31. The average molecular weight is 532 g/mol. The number of piperidine rings is 1. The molecule has 0 radical (unpaired) electrons. The van der Waals surface area contributed by atoms with Crippen LogP contribution in [0.3, 0.4) is 0 Å². The van der Waals surface area contributed by atoms with Crippen LogP contribution in [0.25, 0.3) is 0 Å². The van der Waals surface area contributed by atoms with Crippen molar-refractivity contribution in [3.8, 4) is 0 Å². The monoisotopic (exact) mass is 531 g/mol. The number of rotatable bonds is 7. The summed E-state index contributed by atoms with van der Waals surface area (Å²) in [6.07, 6.45) is 1.55. The van der Waals surface area contributed by atoms with Crippen LogP contribution in [0.4, 0.5) is 11.4 Å². The van der Waals surface area contributed by atoms with E-state index in [0.29, 0.717) is 22.0 Å². The molecule has 3 aromatic rings. The van der Waals surface area contributed by atoms with Gasteiger partial charge in [-0.1, -0.05) is 41.4 Å². The van der Waals surface area contributed by atoms with Crippen LogP contribution in [-0.4, -0.2) is 32.3 Å². The number of halogens is 2. The topological polar surface area (TPSA) is 78.5 Å². The number of nitrogens with one attached hydrogen (secondary N) is 2. The molecule has 0 aromatic heterocycles. The van der Waals surface area contributed by atoms with Crippen LogP contribution < -0.4 is 10.0 Å². The van der Waals surface area contributed by atoms with E-state index in [1.165, 1.54) is 17.7 Å². The normalized spacial score (nSPS) is 15.1. The van der Waals surface area contributed by atoms with Gasteiger partial charge in [-0.15, -0.1) is 0 Å². The van der Waals surface area contributed by atoms with E-state index in [2.05, 4.69) is 14.9 Å². The molecule has 0 unspecified atom stereocenters. The summed E-state index contributed by atoms with van der Waals surface area (Å²) >= 11 is 12.0. The van der Waals surface area contributed by atoms with E-state index >= 15 is 0 Å². The third-order valence-corrected chi connectivity index (χ3v) is 8.26. The Bertz CT molecular complexity index is 1290. The molecule has 1 aliphatic heterocycles. The van der Waals surface area contributed by atoms with Crippen molar-refractivity contribution in [3.63, 3.8) is 0 Å². The highest BCUT2D eigenvalue weighted by atomic mass is 35.5. The molecule has 4 rings (SSSR count). The van der Waals surface area contributed by atoms with Crippen molar-refractivity contribution in [2.45, 2.75) is 31.2 Å². The van der Waals surface area contributed by atoms with Crippen molar-refractivity contribution in [2.24, 2.45) is 5.92 Å². The molecule has 0 saturated carbocycles. The minimum absolute atomic E-state index is 0.0422. The first-order chi connectivity index (χ1) is 16.7. The minimum atomic E-state index is -3.79. The fourth-order valence-corrected chi connectivity index (χ4v) is 5.51. The molecule has 1 aliphatic rings. The third-order valence-electron chi connectivity index (χ3n) is 6.22. The fourth-order valence-electron chi connectivity index (χ4n) is 4.08. The Kier molecular flexibility index (Phi) is 8.02. The molecule has 184 valence electrons. The average Bonchev–Trinajstić information content (AvgIpc) is 2.84. The molecule has 0 atom stereocenters. The van der Waals surface area contributed by atoms with Gasteiger partial charge in [-0.3, -0.25) is 14.4 Å². The van der Waals surface area contributed by atoms with Gasteiger partial charge in [0.25, 0.3) is 10.0 Å². The third kappa shape index (κ3) is 6.55. The van der Waals surface area contributed by atoms with E-state index in [4.69, 9.17) is 23.2 Å². The molecular weight excluding hydrogens is 505 g/mol. The van der Waals surface area contributed by atoms with Crippen LogP contribution in [0.5, 0.6) is 0 Å². The smallest absolute Gasteiger partial charge is 0.261 e. The second-order valence-electron chi connectivity index (χ2n) is 8.71. The summed E-state index contributed by atoms with van der Waals surface area (Å²) in [5.41, 5.74) is 2.85. The lowest BCUT2D eigenvalue weighted by Crippen LogP contribution is -2.37. The maximum Gasteiger partial charge on any atom is 0.261 e. The maximum absolute atomic E-state index is 12.8. The number of likely N-dealkylation sites (tertiary alicyclic amines) is 1. The second kappa shape index (κ2) is 11.0. The van der Waals surface area contributed by atoms with Gasteiger partial charge in [0.1, 0.15) is 0 Å². The molecule has 1 saturated heterocycles. The number of sulfonamides is 1. The first-order valence-corrected chi connectivity index (χ1v) is 13.6. The molecule has 0 spiro atoms. The van der Waals surface area contributed by atoms with Crippen LogP contribution in [0.2, 0.25) is 10.0 Å². The Labute approximate surface area is 216 Å². The predicted octanol–water partition coefficient (Wildman–Crippen LogP) is 5.95. The lowest BCUT2D eigenvalue weighted by molar-refractivity contribution is -0.121. The number of nitrogens with zero attached hydrogens (tertiary/aromatic N) is 1. The lowest BCUT2D eigenvalue weighted by Gasteiger charge is -2.31. The van der Waals surface area contributed by atoms with E-state index < -0.39 is 10.0 Å². The molecule has 1 amide bonds. The second-order valence-corrected chi connectivity index (χ2v) is 11.2. The Morgan fingerprint density at radius 3 is 2.29 bits per heavy atom. The number of benzene rings is 3. The van der Waals surface area contributed by atoms with Gasteiger partial charge in [-0.05, 0) is 92.5 Å². The van der Waals surface area contributed by atoms with Gasteiger partial charge >= 0.3 is 0 Å². The van der Waals surface area contributed by atoms with Gasteiger partial charge in [0.2, 0.25) is 5.91 Å². The predicted molar refractivity (Wildman–Crippen MR) is 142 cm³/mol. The van der Waals surface area contributed by atoms with E-state index in [0.717, 1.165) is 37.5 Å². The SMILES string of the molecule is Cc1c(Cl)cccc1NS(=O)(=O)c1ccc(NC(=O)C2CCN(Cc3ccc(Cl)cc3)CC2)cc1. The minimum Gasteiger partial charge on any atom is -0.326 e. The van der Waals surface area contributed by atoms with Crippen molar-refractivity contribution in [2.75, 3.05) is 23.1 Å². The quantitative estimate of drug-likeness (QED) is 0.394. The van der Waals surface area contributed by atoms with E-state index in [9.17, 15) is 13.2 Å². The van der Waals surface area contributed by atoms with E-state index in [1.54, 1.807) is 37.3 Å². The molecule has 0 aliphatic carbocycles. The highest BCUT2D eigenvalue weighted by Crippen LogP contribution is 2.26. The molecule has 35 heavy (non-hydrogen) atoms. The summed E-state index contributed by atoms with van der Waals surface area (Å²) < 4.78 is 28.1. The summed E-state index contributed by atoms with van der Waals surface area (Å²) in [6.45, 7) is 4.27. The molecule has 9 heteroatoms. The summed E-state index contributed by atoms with van der Waals surface area (Å²) in [7, 11) is -3.79. The summed E-state index contributed by atoms with van der Waals surface area (Å²) in [5, 5.41) is 4.13. The van der Waals surface area contributed by atoms with Crippen molar-refractivity contribution in [1.82, 2.24) is 4.90 Å². The van der Waals surface area contributed by atoms with Crippen molar-refractivity contribution < 1.29 is 13.2 Å². The fraction of sp³-hybridized carbons (Fsp3) is 0.269. The zero-order valence-electron chi connectivity index (χ0n) is 19.3. The highest BCUT2D eigenvalue weighted by Gasteiger charge is 2.25. The molecule has 3 aromatic carbocycles. The summed E-state index contributed by atoms with van der Waals surface area (Å²) in [6, 6.07) is 19.0.